The molecule has 1 heterocycles. The molecule has 3 aromatic rings. The molecule has 19 heavy (non-hydrogen) atoms. The van der Waals surface area contributed by atoms with Crippen LogP contribution in [-0.4, -0.2) is 4.57 Å². The van der Waals surface area contributed by atoms with Gasteiger partial charge in [0.05, 0.1) is 22.7 Å². The second-order valence-corrected chi connectivity index (χ2v) is 4.40. The van der Waals surface area contributed by atoms with Gasteiger partial charge >= 0.3 is 0 Å². The first kappa shape index (κ1) is 11.3. The molecule has 0 amide bonds. The van der Waals surface area contributed by atoms with Crippen molar-refractivity contribution in [1.82, 2.24) is 4.57 Å². The topological polar surface area (TPSA) is 52.5 Å². The number of nitrogens with zero attached hydrogens (tertiary/aromatic N) is 3. The van der Waals surface area contributed by atoms with E-state index in [0.29, 0.717) is 11.1 Å². The van der Waals surface area contributed by atoms with E-state index in [1.807, 2.05) is 36.4 Å². The number of hydrogen-bond donors (Lipinski definition) is 0. The molecule has 0 saturated heterocycles. The van der Waals surface area contributed by atoms with Crippen LogP contribution in [0, 0.1) is 22.7 Å². The lowest BCUT2D eigenvalue weighted by Crippen LogP contribution is -1.94. The van der Waals surface area contributed by atoms with Gasteiger partial charge in [0.15, 0.2) is 0 Å². The molecule has 0 N–H and O–H groups in total. The summed E-state index contributed by atoms with van der Waals surface area (Å²) in [7, 11) is 0. The third-order valence-corrected chi connectivity index (χ3v) is 3.45. The summed E-state index contributed by atoms with van der Waals surface area (Å²) in [6.45, 7) is 2.86. The number of rotatable bonds is 1. The molecule has 3 rings (SSSR count). The highest BCUT2D eigenvalue weighted by Crippen LogP contribution is 2.31. The van der Waals surface area contributed by atoms with Crippen molar-refractivity contribution >= 4 is 21.8 Å². The number of hydrogen-bond acceptors (Lipinski definition) is 2. The van der Waals surface area contributed by atoms with Crippen molar-refractivity contribution in [2.75, 3.05) is 0 Å². The molecule has 0 aliphatic heterocycles. The number of aromatic nitrogens is 1. The Bertz CT molecular complexity index is 873. The zero-order valence-corrected chi connectivity index (χ0v) is 10.5. The van der Waals surface area contributed by atoms with E-state index in [0.717, 1.165) is 28.4 Å². The predicted molar refractivity (Wildman–Crippen MR) is 74.5 cm³/mol. The number of para-hydroxylation sites is 1. The zero-order chi connectivity index (χ0) is 13.4. The smallest absolute Gasteiger partial charge is 0.101 e. The van der Waals surface area contributed by atoms with Crippen molar-refractivity contribution in [1.29, 1.82) is 10.5 Å². The first-order valence-corrected chi connectivity index (χ1v) is 6.15. The summed E-state index contributed by atoms with van der Waals surface area (Å²) in [6, 6.07) is 15.8. The molecule has 0 atom stereocenters. The van der Waals surface area contributed by atoms with Gasteiger partial charge in [-0.05, 0) is 31.2 Å². The largest absolute Gasteiger partial charge is 0.340 e. The van der Waals surface area contributed by atoms with Crippen molar-refractivity contribution in [2.45, 2.75) is 13.5 Å². The highest BCUT2D eigenvalue weighted by Gasteiger charge is 2.13. The third-order valence-electron chi connectivity index (χ3n) is 3.45. The van der Waals surface area contributed by atoms with E-state index in [1.165, 1.54) is 0 Å². The maximum Gasteiger partial charge on any atom is 0.101 e. The van der Waals surface area contributed by atoms with Crippen molar-refractivity contribution in [3.8, 4) is 12.1 Å². The van der Waals surface area contributed by atoms with Gasteiger partial charge in [-0.1, -0.05) is 12.1 Å². The van der Waals surface area contributed by atoms with Crippen LogP contribution in [-0.2, 0) is 6.54 Å². The van der Waals surface area contributed by atoms with Crippen molar-refractivity contribution in [3.63, 3.8) is 0 Å². The molecule has 2 aromatic carbocycles. The number of aryl methyl sites for hydroxylation is 1. The van der Waals surface area contributed by atoms with E-state index in [9.17, 15) is 5.26 Å². The van der Waals surface area contributed by atoms with Crippen LogP contribution in [0.4, 0.5) is 0 Å². The Morgan fingerprint density at radius 2 is 1.89 bits per heavy atom. The first-order chi connectivity index (χ1) is 9.30. The van der Waals surface area contributed by atoms with E-state index < -0.39 is 0 Å². The predicted octanol–water partition coefficient (Wildman–Crippen LogP) is 3.56. The quantitative estimate of drug-likeness (QED) is 0.658. The molecule has 0 spiro atoms. The average Bonchev–Trinajstić information content (AvgIpc) is 2.80. The van der Waals surface area contributed by atoms with Crippen LogP contribution in [0.25, 0.3) is 21.8 Å². The van der Waals surface area contributed by atoms with E-state index in [2.05, 4.69) is 23.6 Å². The van der Waals surface area contributed by atoms with Crippen LogP contribution in [0.2, 0.25) is 0 Å². The lowest BCUT2D eigenvalue weighted by Gasteiger charge is -2.03. The van der Waals surface area contributed by atoms with E-state index in [4.69, 9.17) is 5.26 Å². The van der Waals surface area contributed by atoms with E-state index in [1.54, 1.807) is 0 Å². The summed E-state index contributed by atoms with van der Waals surface area (Å²) in [4.78, 5) is 0. The Morgan fingerprint density at radius 3 is 2.58 bits per heavy atom. The highest BCUT2D eigenvalue weighted by molar-refractivity contribution is 6.10. The molecule has 0 unspecified atom stereocenters. The van der Waals surface area contributed by atoms with Crippen LogP contribution in [0.1, 0.15) is 18.1 Å². The van der Waals surface area contributed by atoms with Crippen molar-refractivity contribution < 1.29 is 0 Å². The van der Waals surface area contributed by atoms with Crippen LogP contribution >= 0.6 is 0 Å². The normalized spacial score (nSPS) is 10.5. The lowest BCUT2D eigenvalue weighted by atomic mass is 10.1. The van der Waals surface area contributed by atoms with Gasteiger partial charge in [-0.15, -0.1) is 0 Å². The number of benzene rings is 2. The summed E-state index contributed by atoms with van der Waals surface area (Å²) in [6.07, 6.45) is 0. The second-order valence-electron chi connectivity index (χ2n) is 4.40. The standard InChI is InChI=1S/C16H11N3/c1-2-19-15-7-6-11(9-17)8-14(15)13-5-3-4-12(10-18)16(13)19/h3-8H,2H2,1H3. The molecule has 3 nitrogen and oxygen atoms in total. The molecule has 0 aliphatic carbocycles. The Balaban J connectivity index is 2.59. The van der Waals surface area contributed by atoms with E-state index >= 15 is 0 Å². The van der Waals surface area contributed by atoms with Gasteiger partial charge in [-0.2, -0.15) is 10.5 Å². The van der Waals surface area contributed by atoms with Gasteiger partial charge in [0, 0.05) is 22.8 Å². The monoisotopic (exact) mass is 245 g/mol. The Kier molecular flexibility index (Phi) is 2.47. The Hall–Kier alpha value is -2.78. The van der Waals surface area contributed by atoms with Crippen LogP contribution < -0.4 is 0 Å². The summed E-state index contributed by atoms with van der Waals surface area (Å²) in [5.74, 6) is 0. The molecule has 0 aliphatic rings. The number of nitriles is 2. The van der Waals surface area contributed by atoms with Gasteiger partial charge in [-0.25, -0.2) is 0 Å². The Morgan fingerprint density at radius 1 is 1.05 bits per heavy atom. The molecule has 0 bridgehead atoms. The third kappa shape index (κ3) is 1.49. The highest BCUT2D eigenvalue weighted by atomic mass is 15.0. The van der Waals surface area contributed by atoms with Gasteiger partial charge in [-0.3, -0.25) is 0 Å². The maximum atomic E-state index is 9.27. The first-order valence-electron chi connectivity index (χ1n) is 6.15. The molecule has 0 saturated carbocycles. The zero-order valence-electron chi connectivity index (χ0n) is 10.5. The van der Waals surface area contributed by atoms with E-state index in [-0.39, 0.29) is 0 Å². The van der Waals surface area contributed by atoms with Crippen LogP contribution in [0.5, 0.6) is 0 Å². The minimum Gasteiger partial charge on any atom is -0.340 e. The summed E-state index contributed by atoms with van der Waals surface area (Å²) in [5.41, 5.74) is 3.34. The fourth-order valence-electron chi connectivity index (χ4n) is 2.65. The van der Waals surface area contributed by atoms with Crippen LogP contribution in [0.3, 0.4) is 0 Å². The van der Waals surface area contributed by atoms with Gasteiger partial charge < -0.3 is 4.57 Å². The maximum absolute atomic E-state index is 9.27. The fourth-order valence-corrected chi connectivity index (χ4v) is 2.65. The average molecular weight is 245 g/mol. The van der Waals surface area contributed by atoms with Crippen molar-refractivity contribution in [2.24, 2.45) is 0 Å². The van der Waals surface area contributed by atoms with Crippen molar-refractivity contribution in [3.05, 3.63) is 47.5 Å². The van der Waals surface area contributed by atoms with Crippen LogP contribution in [0.15, 0.2) is 36.4 Å². The molecule has 3 heteroatoms. The SMILES string of the molecule is CCn1c2ccc(C#N)cc2c2cccc(C#N)c21. The molecule has 0 fully saturated rings. The fraction of sp³-hybridized carbons (Fsp3) is 0.125. The minimum absolute atomic E-state index is 0.644. The minimum atomic E-state index is 0.644. The Labute approximate surface area is 110 Å². The van der Waals surface area contributed by atoms with Gasteiger partial charge in [0.1, 0.15) is 6.07 Å². The van der Waals surface area contributed by atoms with Gasteiger partial charge in [0.25, 0.3) is 0 Å². The molecular weight excluding hydrogens is 234 g/mol. The van der Waals surface area contributed by atoms with Gasteiger partial charge in [0.2, 0.25) is 0 Å². The summed E-state index contributed by atoms with van der Waals surface area (Å²) < 4.78 is 2.13. The molecule has 90 valence electrons. The number of fused-ring (bicyclic) bond motifs is 3. The molecular formula is C16H11N3. The lowest BCUT2D eigenvalue weighted by molar-refractivity contribution is 0.826. The molecule has 0 radical (unpaired) electrons. The second kappa shape index (κ2) is 4.15. The summed E-state index contributed by atoms with van der Waals surface area (Å²) >= 11 is 0. The molecule has 1 aromatic heterocycles. The summed E-state index contributed by atoms with van der Waals surface area (Å²) in [5, 5.41) is 20.4.